The molecule has 1 fully saturated rings. The predicted molar refractivity (Wildman–Crippen MR) is 105 cm³/mol. The number of amidine groups is 1. The summed E-state index contributed by atoms with van der Waals surface area (Å²) >= 11 is 0. The number of aliphatic imine (C=N–C) groups is 2. The highest BCUT2D eigenvalue weighted by Crippen LogP contribution is 2.21. The number of nitrogens with zero attached hydrogens (tertiary/aromatic N) is 5. The Balaban J connectivity index is 1.35. The third-order valence-corrected chi connectivity index (χ3v) is 5.32. The summed E-state index contributed by atoms with van der Waals surface area (Å²) < 4.78 is 5.35. The summed E-state index contributed by atoms with van der Waals surface area (Å²) in [6.07, 6.45) is 4.30. The van der Waals surface area contributed by atoms with Crippen molar-refractivity contribution in [1.29, 1.82) is 0 Å². The first-order valence-electron chi connectivity index (χ1n) is 9.39. The Morgan fingerprint density at radius 2 is 2.00 bits per heavy atom. The number of carbonyl (C=O) groups is 1. The van der Waals surface area contributed by atoms with Gasteiger partial charge in [0, 0.05) is 37.8 Å². The van der Waals surface area contributed by atoms with Crippen molar-refractivity contribution in [1.82, 2.24) is 14.7 Å². The van der Waals surface area contributed by atoms with Crippen molar-refractivity contribution in [3.8, 4) is 5.75 Å². The van der Waals surface area contributed by atoms with E-state index in [-0.39, 0.29) is 5.91 Å². The molecule has 1 aromatic carbocycles. The van der Waals surface area contributed by atoms with Crippen LogP contribution in [0.25, 0.3) is 0 Å². The van der Waals surface area contributed by atoms with E-state index in [1.54, 1.807) is 7.11 Å². The second-order valence-electron chi connectivity index (χ2n) is 7.06. The molecule has 0 unspecified atom stereocenters. The molecule has 0 saturated carbocycles. The fraction of sp³-hybridized carbons (Fsp3) is 0.450. The van der Waals surface area contributed by atoms with Crippen LogP contribution in [0.1, 0.15) is 12.5 Å². The molecule has 27 heavy (non-hydrogen) atoms. The molecule has 3 aliphatic heterocycles. The number of methoxy groups -OCH3 is 1. The molecule has 7 nitrogen and oxygen atoms in total. The maximum Gasteiger partial charge on any atom is 0.227 e. The lowest BCUT2D eigenvalue weighted by atomic mass is 10.1. The molecule has 0 aliphatic carbocycles. The van der Waals surface area contributed by atoms with E-state index in [1.165, 1.54) is 0 Å². The summed E-state index contributed by atoms with van der Waals surface area (Å²) in [5.41, 5.74) is 0.931. The molecule has 7 heteroatoms. The van der Waals surface area contributed by atoms with E-state index in [1.807, 2.05) is 35.5 Å². The Morgan fingerprint density at radius 3 is 2.78 bits per heavy atom. The summed E-state index contributed by atoms with van der Waals surface area (Å²) in [7, 11) is 1.64. The van der Waals surface area contributed by atoms with Crippen LogP contribution in [-0.2, 0) is 11.2 Å². The molecule has 1 saturated heterocycles. The number of ether oxygens (including phenoxy) is 1. The average molecular weight is 367 g/mol. The Labute approximate surface area is 159 Å². The van der Waals surface area contributed by atoms with E-state index in [4.69, 9.17) is 4.74 Å². The predicted octanol–water partition coefficient (Wildman–Crippen LogP) is 1.37. The fourth-order valence-electron chi connectivity index (χ4n) is 3.67. The summed E-state index contributed by atoms with van der Waals surface area (Å²) in [5, 5.41) is 0. The van der Waals surface area contributed by atoms with Crippen molar-refractivity contribution in [3.05, 3.63) is 41.7 Å². The molecule has 1 aromatic rings. The SMILES string of the molecule is COc1ccccc1CC(=O)N1CCN(C2=CC3=NC[C@H](C)N3C=N2)CC1. The highest BCUT2D eigenvalue weighted by atomic mass is 16.5. The van der Waals surface area contributed by atoms with Crippen LogP contribution < -0.4 is 4.74 Å². The maximum absolute atomic E-state index is 12.7. The zero-order valence-electron chi connectivity index (χ0n) is 15.8. The first kappa shape index (κ1) is 17.6. The largest absolute Gasteiger partial charge is 0.496 e. The van der Waals surface area contributed by atoms with Gasteiger partial charge in [0.25, 0.3) is 0 Å². The number of rotatable bonds is 4. The smallest absolute Gasteiger partial charge is 0.227 e. The number of fused-ring (bicyclic) bond motifs is 1. The van der Waals surface area contributed by atoms with Gasteiger partial charge in [0.1, 0.15) is 17.4 Å². The molecule has 0 bridgehead atoms. The van der Waals surface area contributed by atoms with Gasteiger partial charge in [0.15, 0.2) is 0 Å². The summed E-state index contributed by atoms with van der Waals surface area (Å²) in [6.45, 7) is 5.93. The van der Waals surface area contributed by atoms with Crippen LogP contribution in [0.3, 0.4) is 0 Å². The van der Waals surface area contributed by atoms with Gasteiger partial charge in [-0.2, -0.15) is 0 Å². The normalized spacial score (nSPS) is 21.7. The van der Waals surface area contributed by atoms with E-state index in [0.29, 0.717) is 25.6 Å². The lowest BCUT2D eigenvalue weighted by Crippen LogP contribution is -2.49. The van der Waals surface area contributed by atoms with Gasteiger partial charge in [0.05, 0.1) is 32.5 Å². The molecule has 0 N–H and O–H groups in total. The zero-order valence-corrected chi connectivity index (χ0v) is 15.8. The molecular weight excluding hydrogens is 342 g/mol. The number of hydrogen-bond acceptors (Lipinski definition) is 6. The molecule has 1 atom stereocenters. The molecular formula is C20H25N5O2. The Bertz CT molecular complexity index is 808. The molecule has 0 spiro atoms. The second-order valence-corrected chi connectivity index (χ2v) is 7.06. The van der Waals surface area contributed by atoms with Crippen molar-refractivity contribution < 1.29 is 9.53 Å². The quantitative estimate of drug-likeness (QED) is 0.806. The minimum absolute atomic E-state index is 0.139. The van der Waals surface area contributed by atoms with Crippen molar-refractivity contribution in [3.63, 3.8) is 0 Å². The average Bonchev–Trinajstić information content (AvgIpc) is 3.09. The van der Waals surface area contributed by atoms with Crippen molar-refractivity contribution in [2.45, 2.75) is 19.4 Å². The summed E-state index contributed by atoms with van der Waals surface area (Å²) in [5.74, 6) is 2.83. The second kappa shape index (κ2) is 7.42. The lowest BCUT2D eigenvalue weighted by Gasteiger charge is -2.37. The molecule has 0 radical (unpaired) electrons. The van der Waals surface area contributed by atoms with Crippen LogP contribution in [0.5, 0.6) is 5.75 Å². The number of amides is 1. The van der Waals surface area contributed by atoms with Gasteiger partial charge in [-0.1, -0.05) is 18.2 Å². The fourth-order valence-corrected chi connectivity index (χ4v) is 3.67. The number of carbonyl (C=O) groups excluding carboxylic acids is 1. The highest BCUT2D eigenvalue weighted by molar-refractivity contribution is 6.03. The van der Waals surface area contributed by atoms with Crippen LogP contribution in [0.4, 0.5) is 0 Å². The molecule has 142 valence electrons. The molecule has 4 rings (SSSR count). The van der Waals surface area contributed by atoms with Gasteiger partial charge in [-0.3, -0.25) is 9.79 Å². The van der Waals surface area contributed by atoms with Gasteiger partial charge in [-0.15, -0.1) is 0 Å². The van der Waals surface area contributed by atoms with Crippen LogP contribution >= 0.6 is 0 Å². The molecule has 0 aromatic heterocycles. The van der Waals surface area contributed by atoms with Crippen molar-refractivity contribution in [2.24, 2.45) is 9.98 Å². The van der Waals surface area contributed by atoms with Crippen molar-refractivity contribution in [2.75, 3.05) is 39.8 Å². The third kappa shape index (κ3) is 3.54. The van der Waals surface area contributed by atoms with Crippen LogP contribution in [0, 0.1) is 0 Å². The Kier molecular flexibility index (Phi) is 4.83. The van der Waals surface area contributed by atoms with E-state index < -0.39 is 0 Å². The van der Waals surface area contributed by atoms with Gasteiger partial charge in [-0.25, -0.2) is 4.99 Å². The molecule has 3 heterocycles. The number of para-hydroxylation sites is 1. The number of hydrogen-bond donors (Lipinski definition) is 0. The minimum Gasteiger partial charge on any atom is -0.496 e. The number of piperazine rings is 1. The Morgan fingerprint density at radius 1 is 1.22 bits per heavy atom. The van der Waals surface area contributed by atoms with E-state index in [9.17, 15) is 4.79 Å². The molecule has 3 aliphatic rings. The standard InChI is InChI=1S/C20H25N5O2/c1-15-13-21-19-12-18(22-14-25(15)19)23-7-9-24(10-8-23)20(26)11-16-5-3-4-6-17(16)27-2/h3-6,12,14-15H,7-11,13H2,1-2H3/t15-/m0/s1. The van der Waals surface area contributed by atoms with Gasteiger partial charge >= 0.3 is 0 Å². The third-order valence-electron chi connectivity index (χ3n) is 5.32. The topological polar surface area (TPSA) is 60.7 Å². The first-order chi connectivity index (χ1) is 13.2. The van der Waals surface area contributed by atoms with E-state index >= 15 is 0 Å². The lowest BCUT2D eigenvalue weighted by molar-refractivity contribution is -0.132. The minimum atomic E-state index is 0.139. The molecule has 1 amide bonds. The van der Waals surface area contributed by atoms with E-state index in [2.05, 4.69) is 32.8 Å². The monoisotopic (exact) mass is 367 g/mol. The van der Waals surface area contributed by atoms with Crippen LogP contribution in [0.15, 0.2) is 46.1 Å². The summed E-state index contributed by atoms with van der Waals surface area (Å²) in [4.78, 5) is 28.1. The van der Waals surface area contributed by atoms with Crippen LogP contribution in [-0.4, -0.2) is 78.7 Å². The Hall–Kier alpha value is -2.83. The summed E-state index contributed by atoms with van der Waals surface area (Å²) in [6, 6.07) is 8.08. The van der Waals surface area contributed by atoms with E-state index in [0.717, 1.165) is 42.6 Å². The van der Waals surface area contributed by atoms with Crippen molar-refractivity contribution >= 4 is 18.1 Å². The van der Waals surface area contributed by atoms with Crippen LogP contribution in [0.2, 0.25) is 0 Å². The van der Waals surface area contributed by atoms with Gasteiger partial charge in [-0.05, 0) is 13.0 Å². The highest BCUT2D eigenvalue weighted by Gasteiger charge is 2.28. The maximum atomic E-state index is 12.7. The first-order valence-corrected chi connectivity index (χ1v) is 9.39. The zero-order chi connectivity index (χ0) is 18.8. The van der Waals surface area contributed by atoms with Gasteiger partial charge in [0.2, 0.25) is 5.91 Å². The van der Waals surface area contributed by atoms with Gasteiger partial charge < -0.3 is 19.4 Å². The number of benzene rings is 1.